The van der Waals surface area contributed by atoms with Crippen molar-refractivity contribution in [3.05, 3.63) is 0 Å². The molecular formula is C18H36O2. The Morgan fingerprint density at radius 3 is 2.20 bits per heavy atom. The minimum atomic E-state index is 0.00662. The number of esters is 1. The number of carbonyl (C=O) groups is 1. The predicted molar refractivity (Wildman–Crippen MR) is 86.8 cm³/mol. The molecule has 0 heterocycles. The molecule has 0 bridgehead atoms. The molecule has 0 aliphatic heterocycles. The Labute approximate surface area is 126 Å². The molecule has 0 aromatic heterocycles. The van der Waals surface area contributed by atoms with Gasteiger partial charge in [0.2, 0.25) is 0 Å². The average Bonchev–Trinajstić information content (AvgIpc) is 2.41. The first-order valence-corrected chi connectivity index (χ1v) is 8.75. The summed E-state index contributed by atoms with van der Waals surface area (Å²) in [4.78, 5) is 11.7. The highest BCUT2D eigenvalue weighted by Crippen LogP contribution is 2.18. The van der Waals surface area contributed by atoms with E-state index in [1.165, 1.54) is 44.9 Å². The Bertz CT molecular complexity index is 223. The molecule has 0 aromatic rings. The Hall–Kier alpha value is -0.530. The largest absolute Gasteiger partial charge is 0.465 e. The third kappa shape index (κ3) is 12.5. The average molecular weight is 284 g/mol. The maximum absolute atomic E-state index is 11.7. The van der Waals surface area contributed by atoms with Crippen LogP contribution in [0.4, 0.5) is 0 Å². The van der Waals surface area contributed by atoms with E-state index >= 15 is 0 Å². The van der Waals surface area contributed by atoms with Gasteiger partial charge in [-0.25, -0.2) is 0 Å². The molecule has 0 radical (unpaired) electrons. The molecule has 2 nitrogen and oxygen atoms in total. The van der Waals surface area contributed by atoms with Gasteiger partial charge in [-0.1, -0.05) is 66.2 Å². The minimum Gasteiger partial charge on any atom is -0.465 e. The summed E-state index contributed by atoms with van der Waals surface area (Å²) in [6, 6.07) is 0. The number of hydrogen-bond acceptors (Lipinski definition) is 2. The van der Waals surface area contributed by atoms with Gasteiger partial charge in [-0.3, -0.25) is 4.79 Å². The van der Waals surface area contributed by atoms with Crippen LogP contribution in [0.5, 0.6) is 0 Å². The van der Waals surface area contributed by atoms with E-state index in [4.69, 9.17) is 4.74 Å². The van der Waals surface area contributed by atoms with Crippen LogP contribution in [0, 0.1) is 11.8 Å². The van der Waals surface area contributed by atoms with Gasteiger partial charge in [-0.2, -0.15) is 0 Å². The first kappa shape index (κ1) is 19.5. The number of rotatable bonds is 13. The van der Waals surface area contributed by atoms with Crippen LogP contribution in [0.25, 0.3) is 0 Å². The smallest absolute Gasteiger partial charge is 0.305 e. The van der Waals surface area contributed by atoms with Crippen LogP contribution >= 0.6 is 0 Å². The van der Waals surface area contributed by atoms with Crippen LogP contribution in [0.1, 0.15) is 91.9 Å². The van der Waals surface area contributed by atoms with E-state index in [2.05, 4.69) is 27.7 Å². The molecule has 120 valence electrons. The fraction of sp³-hybridized carbons (Fsp3) is 0.944. The van der Waals surface area contributed by atoms with Crippen molar-refractivity contribution in [1.82, 2.24) is 0 Å². The summed E-state index contributed by atoms with van der Waals surface area (Å²) in [7, 11) is 0. The second kappa shape index (κ2) is 13.5. The van der Waals surface area contributed by atoms with Crippen molar-refractivity contribution < 1.29 is 9.53 Å². The van der Waals surface area contributed by atoms with E-state index in [-0.39, 0.29) is 5.97 Å². The minimum absolute atomic E-state index is 0.00662. The Balaban J connectivity index is 3.70. The summed E-state index contributed by atoms with van der Waals surface area (Å²) < 4.78 is 5.46. The fourth-order valence-corrected chi connectivity index (χ4v) is 2.44. The lowest BCUT2D eigenvalue weighted by Gasteiger charge is -2.17. The first-order chi connectivity index (χ1) is 9.60. The molecule has 0 aliphatic carbocycles. The molecule has 1 unspecified atom stereocenters. The Morgan fingerprint density at radius 1 is 0.900 bits per heavy atom. The molecule has 0 amide bonds. The Kier molecular flexibility index (Phi) is 13.1. The molecule has 20 heavy (non-hydrogen) atoms. The molecule has 0 fully saturated rings. The summed E-state index contributed by atoms with van der Waals surface area (Å²) in [6.07, 6.45) is 11.3. The van der Waals surface area contributed by atoms with Crippen molar-refractivity contribution in [2.45, 2.75) is 91.9 Å². The van der Waals surface area contributed by atoms with Crippen molar-refractivity contribution in [2.75, 3.05) is 6.61 Å². The predicted octanol–water partition coefficient (Wildman–Crippen LogP) is 5.74. The SMILES string of the molecule is CCCCCCCC(=O)OCC(CCC)CCC(C)C. The monoisotopic (exact) mass is 284 g/mol. The van der Waals surface area contributed by atoms with Crippen molar-refractivity contribution in [3.8, 4) is 0 Å². The highest BCUT2D eigenvalue weighted by atomic mass is 16.5. The summed E-state index contributed by atoms with van der Waals surface area (Å²) in [5.74, 6) is 1.31. The lowest BCUT2D eigenvalue weighted by Crippen LogP contribution is -2.15. The van der Waals surface area contributed by atoms with E-state index < -0.39 is 0 Å². The first-order valence-electron chi connectivity index (χ1n) is 8.75. The van der Waals surface area contributed by atoms with Crippen molar-refractivity contribution in [3.63, 3.8) is 0 Å². The number of hydrogen-bond donors (Lipinski definition) is 0. The molecule has 0 saturated carbocycles. The topological polar surface area (TPSA) is 26.3 Å². The van der Waals surface area contributed by atoms with Crippen molar-refractivity contribution in [1.29, 1.82) is 0 Å². The summed E-state index contributed by atoms with van der Waals surface area (Å²) >= 11 is 0. The van der Waals surface area contributed by atoms with Gasteiger partial charge < -0.3 is 4.74 Å². The third-order valence-corrected chi connectivity index (χ3v) is 3.81. The maximum Gasteiger partial charge on any atom is 0.305 e. The summed E-state index contributed by atoms with van der Waals surface area (Å²) in [5, 5.41) is 0. The lowest BCUT2D eigenvalue weighted by molar-refractivity contribution is -0.145. The molecule has 0 aromatic carbocycles. The Morgan fingerprint density at radius 2 is 1.60 bits per heavy atom. The lowest BCUT2D eigenvalue weighted by atomic mass is 9.95. The van der Waals surface area contributed by atoms with Crippen molar-refractivity contribution >= 4 is 5.97 Å². The molecule has 1 atom stereocenters. The highest BCUT2D eigenvalue weighted by Gasteiger charge is 2.12. The van der Waals surface area contributed by atoms with Gasteiger partial charge in [0, 0.05) is 6.42 Å². The van der Waals surface area contributed by atoms with Gasteiger partial charge in [0.05, 0.1) is 6.61 Å². The maximum atomic E-state index is 11.7. The van der Waals surface area contributed by atoms with E-state index in [1.54, 1.807) is 0 Å². The zero-order chi connectivity index (χ0) is 15.2. The number of ether oxygens (including phenoxy) is 1. The number of carbonyl (C=O) groups excluding carboxylic acids is 1. The van der Waals surface area contributed by atoms with Gasteiger partial charge in [0.1, 0.15) is 0 Å². The van der Waals surface area contributed by atoms with Crippen LogP contribution in [0.2, 0.25) is 0 Å². The van der Waals surface area contributed by atoms with Gasteiger partial charge in [-0.05, 0) is 31.1 Å². The van der Waals surface area contributed by atoms with Crippen LogP contribution < -0.4 is 0 Å². The second-order valence-electron chi connectivity index (χ2n) is 6.47. The van der Waals surface area contributed by atoms with Crippen LogP contribution in [-0.4, -0.2) is 12.6 Å². The zero-order valence-electron chi connectivity index (χ0n) is 14.2. The van der Waals surface area contributed by atoms with Crippen LogP contribution in [0.15, 0.2) is 0 Å². The summed E-state index contributed by atoms with van der Waals surface area (Å²) in [6.45, 7) is 9.56. The molecule has 0 aliphatic rings. The normalized spacial score (nSPS) is 12.7. The molecule has 0 saturated heterocycles. The van der Waals surface area contributed by atoms with E-state index in [1.807, 2.05) is 0 Å². The second-order valence-corrected chi connectivity index (χ2v) is 6.47. The summed E-state index contributed by atoms with van der Waals surface area (Å²) in [5.41, 5.74) is 0. The highest BCUT2D eigenvalue weighted by molar-refractivity contribution is 5.69. The van der Waals surface area contributed by atoms with Gasteiger partial charge in [0.25, 0.3) is 0 Å². The van der Waals surface area contributed by atoms with Gasteiger partial charge in [-0.15, -0.1) is 0 Å². The van der Waals surface area contributed by atoms with E-state index in [0.29, 0.717) is 18.9 Å². The molecule has 0 N–H and O–H groups in total. The van der Waals surface area contributed by atoms with Crippen LogP contribution in [0.3, 0.4) is 0 Å². The third-order valence-electron chi connectivity index (χ3n) is 3.81. The van der Waals surface area contributed by atoms with E-state index in [9.17, 15) is 4.79 Å². The van der Waals surface area contributed by atoms with Gasteiger partial charge >= 0.3 is 5.97 Å². The molecule has 0 rings (SSSR count). The molecule has 0 spiro atoms. The van der Waals surface area contributed by atoms with Crippen LogP contribution in [-0.2, 0) is 9.53 Å². The molecule has 2 heteroatoms. The fourth-order valence-electron chi connectivity index (χ4n) is 2.44. The standard InChI is InChI=1S/C18H36O2/c1-5-7-8-9-10-12-18(19)20-15-17(11-6-2)14-13-16(3)4/h16-17H,5-15H2,1-4H3. The number of unbranched alkanes of at least 4 members (excludes halogenated alkanes) is 4. The van der Waals surface area contributed by atoms with Gasteiger partial charge in [0.15, 0.2) is 0 Å². The zero-order valence-corrected chi connectivity index (χ0v) is 14.2. The quantitative estimate of drug-likeness (QED) is 0.318. The van der Waals surface area contributed by atoms with Crippen molar-refractivity contribution in [2.24, 2.45) is 11.8 Å². The van der Waals surface area contributed by atoms with E-state index in [0.717, 1.165) is 18.8 Å². The molecular weight excluding hydrogens is 248 g/mol.